The van der Waals surface area contributed by atoms with E-state index in [0.717, 1.165) is 75.8 Å². The van der Waals surface area contributed by atoms with E-state index >= 15 is 0 Å². The normalized spacial score (nSPS) is 20.7. The van der Waals surface area contributed by atoms with Gasteiger partial charge in [0.25, 0.3) is 0 Å². The van der Waals surface area contributed by atoms with Crippen molar-refractivity contribution in [2.24, 2.45) is 5.92 Å². The van der Waals surface area contributed by atoms with Gasteiger partial charge >= 0.3 is 0 Å². The number of methoxy groups -OCH3 is 2. The van der Waals surface area contributed by atoms with Crippen LogP contribution in [0.15, 0.2) is 42.5 Å². The fourth-order valence-corrected chi connectivity index (χ4v) is 5.84. The summed E-state index contributed by atoms with van der Waals surface area (Å²) in [5.41, 5.74) is 2.41. The first-order valence-corrected chi connectivity index (χ1v) is 14.1. The second kappa shape index (κ2) is 14.2. The molecule has 38 heavy (non-hydrogen) atoms. The van der Waals surface area contributed by atoms with E-state index in [1.165, 1.54) is 5.56 Å². The van der Waals surface area contributed by atoms with Gasteiger partial charge in [-0.05, 0) is 67.1 Å². The Bertz CT molecular complexity index is 1030. The third-order valence-corrected chi connectivity index (χ3v) is 8.20. The summed E-state index contributed by atoms with van der Waals surface area (Å²) in [5.74, 6) is 2.10. The van der Waals surface area contributed by atoms with Gasteiger partial charge < -0.3 is 19.1 Å². The number of rotatable bonds is 11. The lowest BCUT2D eigenvalue weighted by Gasteiger charge is -2.45. The van der Waals surface area contributed by atoms with E-state index in [1.54, 1.807) is 14.2 Å². The average molecular weight is 544 g/mol. The monoisotopic (exact) mass is 543 g/mol. The van der Waals surface area contributed by atoms with E-state index in [-0.39, 0.29) is 5.91 Å². The van der Waals surface area contributed by atoms with Crippen molar-refractivity contribution in [1.29, 1.82) is 0 Å². The minimum absolute atomic E-state index is 0.209. The molecular weight excluding hydrogens is 502 g/mol. The Hall–Kier alpha value is -2.32. The first-order valence-electron chi connectivity index (χ1n) is 13.7. The van der Waals surface area contributed by atoms with Crippen molar-refractivity contribution in [3.05, 3.63) is 58.6 Å². The Morgan fingerprint density at radius 2 is 1.74 bits per heavy atom. The number of hydrogen-bond acceptors (Lipinski definition) is 6. The van der Waals surface area contributed by atoms with Crippen LogP contribution < -0.4 is 9.47 Å². The maximum absolute atomic E-state index is 13.1. The van der Waals surface area contributed by atoms with Crippen LogP contribution in [0.1, 0.15) is 30.4 Å². The molecule has 0 N–H and O–H groups in total. The van der Waals surface area contributed by atoms with Crippen molar-refractivity contribution in [1.82, 2.24) is 14.7 Å². The number of nitrogens with zero attached hydrogens (tertiary/aromatic N) is 3. The molecule has 0 aromatic heterocycles. The van der Waals surface area contributed by atoms with Gasteiger partial charge in [-0.1, -0.05) is 29.8 Å². The summed E-state index contributed by atoms with van der Waals surface area (Å²) < 4.78 is 16.4. The van der Waals surface area contributed by atoms with Crippen LogP contribution in [0.25, 0.3) is 0 Å². The van der Waals surface area contributed by atoms with E-state index < -0.39 is 0 Å². The quantitative estimate of drug-likeness (QED) is 0.420. The number of likely N-dealkylation sites (tertiary alicyclic amines) is 1. The number of benzene rings is 2. The van der Waals surface area contributed by atoms with E-state index in [0.29, 0.717) is 36.4 Å². The molecule has 8 heteroatoms. The van der Waals surface area contributed by atoms with Crippen LogP contribution in [0.5, 0.6) is 11.5 Å². The first-order chi connectivity index (χ1) is 18.5. The molecule has 4 rings (SSSR count). The minimum atomic E-state index is 0.209. The van der Waals surface area contributed by atoms with Gasteiger partial charge in [-0.3, -0.25) is 14.6 Å². The Morgan fingerprint density at radius 1 is 1.03 bits per heavy atom. The third-order valence-electron chi connectivity index (χ3n) is 7.95. The standard InChI is InChI=1S/C30H42ClN3O4/c1-32(14-12-23-6-10-28(36-2)29(20-23)37-3)30(35)11-7-25-22-33(21-24-4-8-26(31)9-5-24)15-13-27(25)34-16-18-38-19-17-34/h4-6,8-10,20,25,27H,7,11-19,21-22H2,1-3H3/t25-,27+/m1/s1. The number of piperidine rings is 1. The second-order valence-corrected chi connectivity index (χ2v) is 10.9. The van der Waals surface area contributed by atoms with Gasteiger partial charge in [0, 0.05) is 57.3 Å². The minimum Gasteiger partial charge on any atom is -0.493 e. The maximum Gasteiger partial charge on any atom is 0.222 e. The lowest BCUT2D eigenvalue weighted by Crippen LogP contribution is -2.54. The molecular formula is C30H42ClN3O4. The van der Waals surface area contributed by atoms with Crippen molar-refractivity contribution >= 4 is 17.5 Å². The molecule has 0 saturated carbocycles. The number of hydrogen-bond donors (Lipinski definition) is 0. The van der Waals surface area contributed by atoms with Crippen molar-refractivity contribution in [3.63, 3.8) is 0 Å². The van der Waals surface area contributed by atoms with E-state index in [2.05, 4.69) is 21.9 Å². The molecule has 0 radical (unpaired) electrons. The Labute approximate surface area is 232 Å². The topological polar surface area (TPSA) is 54.5 Å². The molecule has 208 valence electrons. The van der Waals surface area contributed by atoms with E-state index in [9.17, 15) is 4.79 Å². The average Bonchev–Trinajstić information content (AvgIpc) is 2.96. The number of ether oxygens (including phenoxy) is 3. The number of amides is 1. The van der Waals surface area contributed by atoms with Crippen molar-refractivity contribution in [2.45, 2.75) is 38.3 Å². The largest absolute Gasteiger partial charge is 0.493 e. The van der Waals surface area contributed by atoms with Gasteiger partial charge in [-0.15, -0.1) is 0 Å². The number of carbonyl (C=O) groups excluding carboxylic acids is 1. The molecule has 2 fully saturated rings. The summed E-state index contributed by atoms with van der Waals surface area (Å²) in [5, 5.41) is 0.770. The zero-order chi connectivity index (χ0) is 26.9. The molecule has 1 amide bonds. The summed E-state index contributed by atoms with van der Waals surface area (Å²) in [7, 11) is 5.19. The van der Waals surface area contributed by atoms with Gasteiger partial charge in [0.2, 0.25) is 5.91 Å². The molecule has 2 aliphatic rings. The number of carbonyl (C=O) groups is 1. The van der Waals surface area contributed by atoms with Gasteiger partial charge in [0.1, 0.15) is 0 Å². The van der Waals surface area contributed by atoms with E-state index in [4.69, 9.17) is 25.8 Å². The Kier molecular flexibility index (Phi) is 10.7. The molecule has 2 atom stereocenters. The van der Waals surface area contributed by atoms with Crippen molar-refractivity contribution < 1.29 is 19.0 Å². The summed E-state index contributed by atoms with van der Waals surface area (Å²) in [4.78, 5) is 20.1. The Balaban J connectivity index is 1.32. The highest BCUT2D eigenvalue weighted by molar-refractivity contribution is 6.30. The molecule has 2 aliphatic heterocycles. The zero-order valence-corrected chi connectivity index (χ0v) is 23.8. The highest BCUT2D eigenvalue weighted by Crippen LogP contribution is 2.29. The molecule has 2 aromatic rings. The number of morpholine rings is 1. The smallest absolute Gasteiger partial charge is 0.222 e. The molecule has 0 unspecified atom stereocenters. The first kappa shape index (κ1) is 28.7. The van der Waals surface area contributed by atoms with Crippen LogP contribution in [0, 0.1) is 5.92 Å². The van der Waals surface area contributed by atoms with Crippen LogP contribution in [0.3, 0.4) is 0 Å². The summed E-state index contributed by atoms with van der Waals surface area (Å²) in [6, 6.07) is 14.6. The lowest BCUT2D eigenvalue weighted by atomic mass is 9.86. The maximum atomic E-state index is 13.1. The van der Waals surface area contributed by atoms with Gasteiger partial charge in [-0.25, -0.2) is 0 Å². The molecule has 2 saturated heterocycles. The molecule has 2 aromatic carbocycles. The second-order valence-electron chi connectivity index (χ2n) is 10.4. The van der Waals surface area contributed by atoms with Crippen LogP contribution in [-0.2, 0) is 22.5 Å². The predicted octanol–water partition coefficient (Wildman–Crippen LogP) is 4.36. The summed E-state index contributed by atoms with van der Waals surface area (Å²) in [6.07, 6.45) is 3.38. The van der Waals surface area contributed by atoms with Crippen molar-refractivity contribution in [2.75, 3.05) is 67.2 Å². The van der Waals surface area contributed by atoms with Gasteiger partial charge in [0.15, 0.2) is 11.5 Å². The fraction of sp³-hybridized carbons (Fsp3) is 0.567. The summed E-state index contributed by atoms with van der Waals surface area (Å²) in [6.45, 7) is 7.24. The Morgan fingerprint density at radius 3 is 2.45 bits per heavy atom. The molecule has 0 spiro atoms. The fourth-order valence-electron chi connectivity index (χ4n) is 5.72. The van der Waals surface area contributed by atoms with Crippen LogP contribution in [-0.4, -0.2) is 93.9 Å². The van der Waals surface area contributed by atoms with E-state index in [1.807, 2.05) is 42.3 Å². The number of halogens is 1. The zero-order valence-electron chi connectivity index (χ0n) is 23.0. The molecule has 2 heterocycles. The molecule has 0 aliphatic carbocycles. The van der Waals surface area contributed by atoms with Crippen LogP contribution in [0.4, 0.5) is 0 Å². The highest BCUT2D eigenvalue weighted by atomic mass is 35.5. The van der Waals surface area contributed by atoms with Crippen LogP contribution >= 0.6 is 11.6 Å². The highest BCUT2D eigenvalue weighted by Gasteiger charge is 2.34. The van der Waals surface area contributed by atoms with Gasteiger partial charge in [0.05, 0.1) is 27.4 Å². The summed E-state index contributed by atoms with van der Waals surface area (Å²) >= 11 is 6.09. The van der Waals surface area contributed by atoms with Crippen LogP contribution in [0.2, 0.25) is 5.02 Å². The molecule has 7 nitrogen and oxygen atoms in total. The van der Waals surface area contributed by atoms with Crippen molar-refractivity contribution in [3.8, 4) is 11.5 Å². The molecule has 0 bridgehead atoms. The lowest BCUT2D eigenvalue weighted by molar-refractivity contribution is -0.130. The third kappa shape index (κ3) is 7.85. The van der Waals surface area contributed by atoms with Gasteiger partial charge in [-0.2, -0.15) is 0 Å². The predicted molar refractivity (Wildman–Crippen MR) is 151 cm³/mol. The number of likely N-dealkylation sites (N-methyl/N-ethyl adjacent to an activating group) is 1. The SMILES string of the molecule is COc1ccc(CCN(C)C(=O)CC[C@@H]2CN(Cc3ccc(Cl)cc3)CC[C@@H]2N2CCOCC2)cc1OC.